The van der Waals surface area contributed by atoms with Gasteiger partial charge in [0.05, 0.1) is 0 Å². The van der Waals surface area contributed by atoms with Gasteiger partial charge in [0.25, 0.3) is 0 Å². The van der Waals surface area contributed by atoms with Crippen molar-refractivity contribution in [2.75, 3.05) is 0 Å². The predicted octanol–water partition coefficient (Wildman–Crippen LogP) is -8.91. The Morgan fingerprint density at radius 3 is 0.467 bits per heavy atom. The van der Waals surface area contributed by atoms with E-state index in [1.54, 1.807) is 0 Å². The fourth-order valence-electron chi connectivity index (χ4n) is 0. The summed E-state index contributed by atoms with van der Waals surface area (Å²) in [4.78, 5) is 0. The second-order valence-corrected chi connectivity index (χ2v) is 0.771. The maximum absolute atomic E-state index is 8.47. The first kappa shape index (κ1) is 36.1. The molecule has 0 fully saturated rings. The van der Waals surface area contributed by atoms with E-state index < -0.39 is 15.1 Å². The molecule has 0 aliphatic rings. The van der Waals surface area contributed by atoms with E-state index in [2.05, 4.69) is 0 Å². The summed E-state index contributed by atoms with van der Waals surface area (Å²) in [5.41, 5.74) is 15.9. The molecule has 72 valence electrons. The Morgan fingerprint density at radius 1 is 0.467 bits per heavy atom. The van der Waals surface area contributed by atoms with Crippen molar-refractivity contribution in [3.63, 3.8) is 0 Å². The molecule has 0 rings (SSSR count). The molecule has 12 nitrogen and oxygen atoms in total. The van der Waals surface area contributed by atoms with Crippen molar-refractivity contribution >= 4 is 0 Å². The largest absolute Gasteiger partial charge is 1.00 e. The van der Waals surface area contributed by atoms with E-state index in [-0.39, 0.29) is 88.7 Å². The van der Waals surface area contributed by atoms with E-state index in [0.717, 1.165) is 0 Å². The average molecular weight is 252 g/mol. The zero-order chi connectivity index (χ0) is 10.7. The third kappa shape index (κ3) is 6440. The molecule has 0 bridgehead atoms. The molecule has 0 saturated carbocycles. The van der Waals surface area contributed by atoms with Crippen LogP contribution in [-0.4, -0.2) is 15.1 Å². The number of nitrogens with zero attached hydrogens (tertiary/aromatic N) is 3. The van der Waals surface area contributed by atoms with E-state index in [0.29, 0.717) is 0 Å². The normalized spacial score (nSPS) is 4.80. The van der Waals surface area contributed by atoms with Crippen molar-refractivity contribution in [1.29, 1.82) is 16.6 Å². The molecule has 15 heavy (non-hydrogen) atoms. The van der Waals surface area contributed by atoms with Gasteiger partial charge in [0, 0.05) is 0 Å². The molecule has 0 heterocycles. The van der Waals surface area contributed by atoms with Crippen molar-refractivity contribution in [1.82, 2.24) is 0 Å². The molecule has 15 heteroatoms. The molecule has 0 unspecified atom stereocenters. The van der Waals surface area contributed by atoms with Gasteiger partial charge < -0.3 is 31.2 Å². The summed E-state index contributed by atoms with van der Waals surface area (Å²) in [6.45, 7) is 0. The SMILES string of the molecule is N=[N+]([O-])[O-].N=[N+]([O-])[O-].N=[N+]([O-])[O-].[Na+].[Na+].[Na+]. The number of hydrogen-bond donors (Lipinski definition) is 3. The third-order valence-corrected chi connectivity index (χ3v) is 0. The minimum atomic E-state index is -1.25. The van der Waals surface area contributed by atoms with E-state index >= 15 is 0 Å². The second-order valence-electron chi connectivity index (χ2n) is 0.771. The first-order valence-corrected chi connectivity index (χ1v) is 1.77. The van der Waals surface area contributed by atoms with Crippen molar-refractivity contribution in [2.45, 2.75) is 0 Å². The molecule has 0 atom stereocenters. The zero-order valence-electron chi connectivity index (χ0n) is 8.29. The molecule has 0 spiro atoms. The molecular formula is H3N6Na3O6. The topological polar surface area (TPSA) is 219 Å². The average Bonchev–Trinajstić information content (AvgIpc) is 1.54. The van der Waals surface area contributed by atoms with Crippen LogP contribution >= 0.6 is 0 Å². The Hall–Kier alpha value is 0.600. The van der Waals surface area contributed by atoms with Crippen LogP contribution in [0.15, 0.2) is 0 Å². The van der Waals surface area contributed by atoms with Crippen LogP contribution in [0.5, 0.6) is 0 Å². The number of rotatable bonds is 0. The van der Waals surface area contributed by atoms with Gasteiger partial charge in [-0.25, -0.2) is 0 Å². The second kappa shape index (κ2) is 29.3. The van der Waals surface area contributed by atoms with Crippen LogP contribution in [0.1, 0.15) is 0 Å². The standard InChI is InChI=1S/3HN2O2.3Na/c3*1-2(3)4;;;/h3*(H-,1,3,4);;;/q3*-1;3*+1. The van der Waals surface area contributed by atoms with Crippen LogP contribution in [0.4, 0.5) is 0 Å². The summed E-state index contributed by atoms with van der Waals surface area (Å²) in [5, 5.41) is 47.1. The van der Waals surface area contributed by atoms with Crippen molar-refractivity contribution in [3.8, 4) is 0 Å². The van der Waals surface area contributed by atoms with Gasteiger partial charge in [-0.15, -0.1) is 0 Å². The first-order chi connectivity index (χ1) is 5.20. The molecule has 0 aromatic rings. The van der Waals surface area contributed by atoms with Gasteiger partial charge in [-0.2, -0.15) is 0 Å². The monoisotopic (exact) mass is 252 g/mol. The van der Waals surface area contributed by atoms with Crippen LogP contribution < -0.4 is 88.7 Å². The molecular weight excluding hydrogens is 249 g/mol. The van der Waals surface area contributed by atoms with Crippen molar-refractivity contribution in [2.24, 2.45) is 0 Å². The smallest absolute Gasteiger partial charge is 0.588 e. The Balaban J connectivity index is -0.0000000184. The molecule has 0 aromatic heterocycles. The Morgan fingerprint density at radius 2 is 0.467 bits per heavy atom. The quantitative estimate of drug-likeness (QED) is 0.215. The first-order valence-electron chi connectivity index (χ1n) is 1.77. The molecule has 0 aliphatic heterocycles. The molecule has 0 saturated heterocycles. The van der Waals surface area contributed by atoms with Crippen LogP contribution in [0.2, 0.25) is 0 Å². The van der Waals surface area contributed by atoms with Crippen LogP contribution in [0.25, 0.3) is 0 Å². The number of nitrogens with one attached hydrogen (secondary N) is 3. The van der Waals surface area contributed by atoms with E-state index in [4.69, 9.17) is 47.8 Å². The van der Waals surface area contributed by atoms with E-state index in [9.17, 15) is 0 Å². The van der Waals surface area contributed by atoms with E-state index in [1.807, 2.05) is 0 Å². The predicted molar refractivity (Wildman–Crippen MR) is 29.1 cm³/mol. The van der Waals surface area contributed by atoms with Gasteiger partial charge in [0.15, 0.2) is 0 Å². The summed E-state index contributed by atoms with van der Waals surface area (Å²) in [6, 6.07) is 0. The number of hydrogen-bond acceptors (Lipinski definition) is 9. The summed E-state index contributed by atoms with van der Waals surface area (Å²) in [5.74, 6) is 0. The maximum Gasteiger partial charge on any atom is 1.00 e. The van der Waals surface area contributed by atoms with Gasteiger partial charge in [-0.3, -0.25) is 0 Å². The van der Waals surface area contributed by atoms with Gasteiger partial charge in [-0.05, 0) is 16.6 Å². The fourth-order valence-corrected chi connectivity index (χ4v) is 0. The van der Waals surface area contributed by atoms with Crippen molar-refractivity contribution < 1.29 is 104 Å². The van der Waals surface area contributed by atoms with E-state index in [1.165, 1.54) is 0 Å². The Kier molecular flexibility index (Phi) is 70.5. The van der Waals surface area contributed by atoms with Gasteiger partial charge in [0.1, 0.15) is 0 Å². The Bertz CT molecular complexity index is 120. The Labute approximate surface area is 149 Å². The van der Waals surface area contributed by atoms with Gasteiger partial charge >= 0.3 is 88.7 Å². The minimum absolute atomic E-state index is 0. The van der Waals surface area contributed by atoms with Crippen LogP contribution in [-0.2, 0) is 0 Å². The molecule has 0 amide bonds. The van der Waals surface area contributed by atoms with Crippen molar-refractivity contribution in [3.05, 3.63) is 31.2 Å². The summed E-state index contributed by atoms with van der Waals surface area (Å²) in [7, 11) is 0. The zero-order valence-corrected chi connectivity index (χ0v) is 14.3. The van der Waals surface area contributed by atoms with Crippen LogP contribution in [0, 0.1) is 47.8 Å². The third-order valence-electron chi connectivity index (χ3n) is 0. The summed E-state index contributed by atoms with van der Waals surface area (Å²) in [6.07, 6.45) is 0. The van der Waals surface area contributed by atoms with Gasteiger partial charge in [0.2, 0.25) is 0 Å². The summed E-state index contributed by atoms with van der Waals surface area (Å²) < 4.78 is 0. The fraction of sp³-hybridized carbons (Fsp3) is 0. The van der Waals surface area contributed by atoms with Gasteiger partial charge in [-0.1, -0.05) is 15.1 Å². The molecule has 0 radical (unpaired) electrons. The molecule has 0 aromatic carbocycles. The molecule has 0 aliphatic carbocycles. The van der Waals surface area contributed by atoms with Crippen LogP contribution in [0.3, 0.4) is 0 Å². The summed E-state index contributed by atoms with van der Waals surface area (Å²) >= 11 is 0. The minimum Gasteiger partial charge on any atom is -0.588 e. The molecule has 3 N–H and O–H groups in total. The maximum atomic E-state index is 8.47.